The minimum atomic E-state index is -0.284. The highest BCUT2D eigenvalue weighted by atomic mass is 19.1. The van der Waals surface area contributed by atoms with Crippen LogP contribution >= 0.6 is 0 Å². The zero-order valence-electron chi connectivity index (χ0n) is 12.7. The fourth-order valence-corrected chi connectivity index (χ4v) is 2.55. The fraction of sp³-hybridized carbons (Fsp3) is 0. The third-order valence-corrected chi connectivity index (χ3v) is 3.72. The van der Waals surface area contributed by atoms with Crippen molar-refractivity contribution in [2.75, 3.05) is 0 Å². The first-order chi connectivity index (χ1) is 11.8. The molecule has 1 heterocycles. The first kappa shape index (κ1) is 14.3. The summed E-state index contributed by atoms with van der Waals surface area (Å²) in [6.07, 6.45) is 1.57. The molecule has 116 valence electrons. The van der Waals surface area contributed by atoms with E-state index < -0.39 is 0 Å². The third kappa shape index (κ3) is 2.82. The SMILES string of the molecule is Fc1ccc(Oc2ccc(-c3ncnc4ccccc34)cc2)cc1. The molecule has 0 aliphatic carbocycles. The van der Waals surface area contributed by atoms with Crippen molar-refractivity contribution in [3.8, 4) is 22.8 Å². The Morgan fingerprint density at radius 2 is 1.38 bits per heavy atom. The lowest BCUT2D eigenvalue weighted by atomic mass is 10.1. The Kier molecular flexibility index (Phi) is 3.63. The molecule has 3 aromatic carbocycles. The summed E-state index contributed by atoms with van der Waals surface area (Å²) in [6, 6.07) is 21.5. The van der Waals surface area contributed by atoms with Gasteiger partial charge in [0.1, 0.15) is 23.6 Å². The van der Waals surface area contributed by atoms with Gasteiger partial charge in [-0.05, 0) is 54.6 Å². The smallest absolute Gasteiger partial charge is 0.127 e. The van der Waals surface area contributed by atoms with E-state index >= 15 is 0 Å². The van der Waals surface area contributed by atoms with E-state index in [1.54, 1.807) is 18.5 Å². The lowest BCUT2D eigenvalue weighted by Gasteiger charge is -2.08. The van der Waals surface area contributed by atoms with Crippen molar-refractivity contribution in [2.45, 2.75) is 0 Å². The summed E-state index contributed by atoms with van der Waals surface area (Å²) in [5.41, 5.74) is 2.78. The average molecular weight is 316 g/mol. The molecule has 3 nitrogen and oxygen atoms in total. The molecular weight excluding hydrogens is 303 g/mol. The van der Waals surface area contributed by atoms with Crippen molar-refractivity contribution >= 4 is 10.9 Å². The number of halogens is 1. The Labute approximate surface area is 138 Å². The van der Waals surface area contributed by atoms with Gasteiger partial charge in [-0.1, -0.05) is 18.2 Å². The number of ether oxygens (including phenoxy) is 1. The molecule has 4 aromatic rings. The van der Waals surface area contributed by atoms with Crippen LogP contribution in [0.3, 0.4) is 0 Å². The molecule has 4 heteroatoms. The van der Waals surface area contributed by atoms with Crippen LogP contribution < -0.4 is 4.74 Å². The quantitative estimate of drug-likeness (QED) is 0.519. The van der Waals surface area contributed by atoms with Gasteiger partial charge in [0.05, 0.1) is 11.2 Å². The van der Waals surface area contributed by atoms with Crippen molar-refractivity contribution in [1.29, 1.82) is 0 Å². The molecule has 0 fully saturated rings. The zero-order chi connectivity index (χ0) is 16.4. The molecule has 0 aliphatic rings. The van der Waals surface area contributed by atoms with E-state index in [0.29, 0.717) is 11.5 Å². The molecule has 0 amide bonds. The summed E-state index contributed by atoms with van der Waals surface area (Å²) < 4.78 is 18.6. The lowest BCUT2D eigenvalue weighted by Crippen LogP contribution is -1.89. The van der Waals surface area contributed by atoms with Crippen molar-refractivity contribution in [3.63, 3.8) is 0 Å². The maximum atomic E-state index is 12.9. The maximum absolute atomic E-state index is 12.9. The monoisotopic (exact) mass is 316 g/mol. The Balaban J connectivity index is 1.64. The molecule has 0 unspecified atom stereocenters. The Hall–Kier alpha value is -3.27. The first-order valence-electron chi connectivity index (χ1n) is 7.53. The number of para-hydroxylation sites is 1. The highest BCUT2D eigenvalue weighted by Gasteiger charge is 2.06. The number of hydrogen-bond donors (Lipinski definition) is 0. The number of fused-ring (bicyclic) bond motifs is 1. The summed E-state index contributed by atoms with van der Waals surface area (Å²) >= 11 is 0. The van der Waals surface area contributed by atoms with Crippen LogP contribution in [0.25, 0.3) is 22.2 Å². The summed E-state index contributed by atoms with van der Waals surface area (Å²) in [7, 11) is 0. The molecule has 0 radical (unpaired) electrons. The summed E-state index contributed by atoms with van der Waals surface area (Å²) in [5, 5.41) is 1.01. The lowest BCUT2D eigenvalue weighted by molar-refractivity contribution is 0.480. The fourth-order valence-electron chi connectivity index (χ4n) is 2.55. The Bertz CT molecular complexity index is 977. The van der Waals surface area contributed by atoms with Gasteiger partial charge in [0.15, 0.2) is 0 Å². The molecule has 24 heavy (non-hydrogen) atoms. The second kappa shape index (κ2) is 6.08. The largest absolute Gasteiger partial charge is 0.457 e. The number of hydrogen-bond acceptors (Lipinski definition) is 3. The van der Waals surface area contributed by atoms with Crippen LogP contribution in [0.4, 0.5) is 4.39 Å². The van der Waals surface area contributed by atoms with Crippen LogP contribution in [0, 0.1) is 5.82 Å². The van der Waals surface area contributed by atoms with Gasteiger partial charge in [-0.2, -0.15) is 0 Å². The van der Waals surface area contributed by atoms with Crippen molar-refractivity contribution in [3.05, 3.63) is 84.9 Å². The minimum Gasteiger partial charge on any atom is -0.457 e. The van der Waals surface area contributed by atoms with Crippen LogP contribution in [0.5, 0.6) is 11.5 Å². The van der Waals surface area contributed by atoms with Gasteiger partial charge in [0.2, 0.25) is 0 Å². The summed E-state index contributed by atoms with van der Waals surface area (Å²) in [4.78, 5) is 8.69. The van der Waals surface area contributed by atoms with Gasteiger partial charge >= 0.3 is 0 Å². The molecule has 0 bridgehead atoms. The second-order valence-corrected chi connectivity index (χ2v) is 5.32. The van der Waals surface area contributed by atoms with E-state index in [9.17, 15) is 4.39 Å². The van der Waals surface area contributed by atoms with Crippen LogP contribution in [-0.2, 0) is 0 Å². The Morgan fingerprint density at radius 1 is 0.708 bits per heavy atom. The van der Waals surface area contributed by atoms with Crippen LogP contribution in [0.2, 0.25) is 0 Å². The van der Waals surface area contributed by atoms with Gasteiger partial charge in [-0.15, -0.1) is 0 Å². The van der Waals surface area contributed by atoms with Gasteiger partial charge in [-0.3, -0.25) is 0 Å². The highest BCUT2D eigenvalue weighted by molar-refractivity contribution is 5.91. The highest BCUT2D eigenvalue weighted by Crippen LogP contribution is 2.28. The van der Waals surface area contributed by atoms with Crippen molar-refractivity contribution < 1.29 is 9.13 Å². The maximum Gasteiger partial charge on any atom is 0.127 e. The topological polar surface area (TPSA) is 35.0 Å². The van der Waals surface area contributed by atoms with Gasteiger partial charge in [-0.25, -0.2) is 14.4 Å². The van der Waals surface area contributed by atoms with Crippen LogP contribution in [-0.4, -0.2) is 9.97 Å². The predicted octanol–water partition coefficient (Wildman–Crippen LogP) is 5.23. The van der Waals surface area contributed by atoms with Gasteiger partial charge in [0, 0.05) is 10.9 Å². The van der Waals surface area contributed by atoms with Crippen molar-refractivity contribution in [1.82, 2.24) is 9.97 Å². The first-order valence-corrected chi connectivity index (χ1v) is 7.53. The number of aromatic nitrogens is 2. The molecule has 4 rings (SSSR count). The zero-order valence-corrected chi connectivity index (χ0v) is 12.7. The molecule has 0 spiro atoms. The van der Waals surface area contributed by atoms with Crippen molar-refractivity contribution in [2.24, 2.45) is 0 Å². The van der Waals surface area contributed by atoms with Gasteiger partial charge < -0.3 is 4.74 Å². The van der Waals surface area contributed by atoms with E-state index in [1.165, 1.54) is 12.1 Å². The summed E-state index contributed by atoms with van der Waals surface area (Å²) in [6.45, 7) is 0. The van der Waals surface area contributed by atoms with E-state index in [2.05, 4.69) is 9.97 Å². The van der Waals surface area contributed by atoms with E-state index in [1.807, 2.05) is 48.5 Å². The van der Waals surface area contributed by atoms with E-state index in [4.69, 9.17) is 4.74 Å². The standard InChI is InChI=1S/C20H13FN2O/c21-15-7-11-17(12-8-15)24-16-9-5-14(6-10-16)20-18-3-1-2-4-19(18)22-13-23-20/h1-13H. The molecule has 0 saturated heterocycles. The van der Waals surface area contributed by atoms with Crippen LogP contribution in [0.1, 0.15) is 0 Å². The third-order valence-electron chi connectivity index (χ3n) is 3.72. The number of benzene rings is 3. The van der Waals surface area contributed by atoms with E-state index in [-0.39, 0.29) is 5.82 Å². The summed E-state index contributed by atoms with van der Waals surface area (Å²) in [5.74, 6) is 0.994. The predicted molar refractivity (Wildman–Crippen MR) is 91.4 cm³/mol. The van der Waals surface area contributed by atoms with Crippen LogP contribution in [0.15, 0.2) is 79.1 Å². The number of rotatable bonds is 3. The molecule has 0 aliphatic heterocycles. The molecule has 0 saturated carbocycles. The second-order valence-electron chi connectivity index (χ2n) is 5.32. The molecule has 0 atom stereocenters. The molecule has 1 aromatic heterocycles. The number of nitrogens with zero attached hydrogens (tertiary/aromatic N) is 2. The average Bonchev–Trinajstić information content (AvgIpc) is 2.64. The molecular formula is C20H13FN2O. The van der Waals surface area contributed by atoms with E-state index in [0.717, 1.165) is 22.2 Å². The normalized spacial score (nSPS) is 10.7. The van der Waals surface area contributed by atoms with Gasteiger partial charge in [0.25, 0.3) is 0 Å². The molecule has 0 N–H and O–H groups in total. The Morgan fingerprint density at radius 3 is 2.12 bits per heavy atom. The minimum absolute atomic E-state index is 0.284.